The standard InChI is InChI=1S/C60H115NO5/c1-3-5-7-9-11-13-15-17-19-21-23-25-28-32-36-40-44-48-52-58(63)57(56-62)61-59(64)53-49-45-41-37-33-29-27-31-35-39-43-47-51-55-66-60(65)54-50-46-42-38-34-30-26-24-22-20-18-16-14-12-10-8-6-4-2/h29,33,48,52,57-58,62-63H,3-28,30-32,34-47,49-51,53-56H2,1-2H3,(H,61,64)/b33-29-,52-48+. The molecule has 0 aromatic carbocycles. The first-order chi connectivity index (χ1) is 32.5. The van der Waals surface area contributed by atoms with E-state index in [-0.39, 0.29) is 18.5 Å². The van der Waals surface area contributed by atoms with E-state index in [2.05, 4.69) is 31.3 Å². The molecule has 0 aromatic heterocycles. The third-order valence-electron chi connectivity index (χ3n) is 13.7. The molecule has 0 radical (unpaired) electrons. The van der Waals surface area contributed by atoms with Crippen LogP contribution in [0.2, 0.25) is 0 Å². The van der Waals surface area contributed by atoms with Gasteiger partial charge in [-0.1, -0.05) is 276 Å². The van der Waals surface area contributed by atoms with Crippen LogP contribution in [0.25, 0.3) is 0 Å². The third-order valence-corrected chi connectivity index (χ3v) is 13.7. The van der Waals surface area contributed by atoms with Crippen molar-refractivity contribution in [3.63, 3.8) is 0 Å². The number of carbonyl (C=O) groups excluding carboxylic acids is 2. The Morgan fingerprint density at radius 3 is 1.09 bits per heavy atom. The predicted molar refractivity (Wildman–Crippen MR) is 287 cm³/mol. The molecule has 0 rings (SSSR count). The van der Waals surface area contributed by atoms with Crippen molar-refractivity contribution in [2.75, 3.05) is 13.2 Å². The molecule has 0 saturated heterocycles. The van der Waals surface area contributed by atoms with Gasteiger partial charge < -0.3 is 20.3 Å². The molecule has 2 atom stereocenters. The number of hydrogen-bond acceptors (Lipinski definition) is 5. The van der Waals surface area contributed by atoms with Crippen molar-refractivity contribution in [2.24, 2.45) is 0 Å². The molecule has 0 saturated carbocycles. The van der Waals surface area contributed by atoms with Crippen molar-refractivity contribution >= 4 is 11.9 Å². The topological polar surface area (TPSA) is 95.9 Å². The molecule has 0 aromatic rings. The molecule has 6 heteroatoms. The van der Waals surface area contributed by atoms with Gasteiger partial charge in [-0.05, 0) is 57.8 Å². The Morgan fingerprint density at radius 1 is 0.409 bits per heavy atom. The molecular formula is C60H115NO5. The highest BCUT2D eigenvalue weighted by atomic mass is 16.5. The minimum Gasteiger partial charge on any atom is -0.466 e. The molecule has 1 amide bonds. The van der Waals surface area contributed by atoms with Crippen LogP contribution in [0.3, 0.4) is 0 Å². The average Bonchev–Trinajstić information content (AvgIpc) is 3.32. The summed E-state index contributed by atoms with van der Waals surface area (Å²) in [5, 5.41) is 23.1. The van der Waals surface area contributed by atoms with Crippen LogP contribution >= 0.6 is 0 Å². The van der Waals surface area contributed by atoms with Gasteiger partial charge in [-0.2, -0.15) is 0 Å². The Labute approximate surface area is 411 Å². The molecule has 0 aliphatic heterocycles. The van der Waals surface area contributed by atoms with E-state index in [1.165, 1.54) is 225 Å². The number of carbonyl (C=O) groups is 2. The van der Waals surface area contributed by atoms with E-state index in [4.69, 9.17) is 4.74 Å². The minimum absolute atomic E-state index is 0.00926. The largest absolute Gasteiger partial charge is 0.466 e. The van der Waals surface area contributed by atoms with E-state index in [9.17, 15) is 19.8 Å². The van der Waals surface area contributed by atoms with Gasteiger partial charge in [0.05, 0.1) is 25.4 Å². The number of hydrogen-bond donors (Lipinski definition) is 3. The van der Waals surface area contributed by atoms with Crippen LogP contribution in [0.5, 0.6) is 0 Å². The molecule has 3 N–H and O–H groups in total. The van der Waals surface area contributed by atoms with E-state index in [0.717, 1.165) is 70.6 Å². The highest BCUT2D eigenvalue weighted by Crippen LogP contribution is 2.17. The van der Waals surface area contributed by atoms with E-state index >= 15 is 0 Å². The lowest BCUT2D eigenvalue weighted by atomic mass is 10.0. The van der Waals surface area contributed by atoms with Crippen LogP contribution in [0.1, 0.15) is 322 Å². The molecule has 6 nitrogen and oxygen atoms in total. The molecule has 0 aliphatic carbocycles. The fraction of sp³-hybridized carbons (Fsp3) is 0.900. The predicted octanol–water partition coefficient (Wildman–Crippen LogP) is 18.2. The highest BCUT2D eigenvalue weighted by Gasteiger charge is 2.18. The van der Waals surface area contributed by atoms with Crippen LogP contribution < -0.4 is 5.32 Å². The highest BCUT2D eigenvalue weighted by molar-refractivity contribution is 5.76. The zero-order valence-electron chi connectivity index (χ0n) is 44.4. The maximum atomic E-state index is 12.5. The normalized spacial score (nSPS) is 12.7. The van der Waals surface area contributed by atoms with Gasteiger partial charge in [0, 0.05) is 12.8 Å². The summed E-state index contributed by atoms with van der Waals surface area (Å²) in [4.78, 5) is 24.5. The lowest BCUT2D eigenvalue weighted by Crippen LogP contribution is -2.45. The Bertz CT molecular complexity index is 1030. The maximum absolute atomic E-state index is 12.5. The van der Waals surface area contributed by atoms with Crippen molar-refractivity contribution in [3.8, 4) is 0 Å². The van der Waals surface area contributed by atoms with Gasteiger partial charge in [0.1, 0.15) is 0 Å². The summed E-state index contributed by atoms with van der Waals surface area (Å²) in [5.41, 5.74) is 0. The van der Waals surface area contributed by atoms with E-state index < -0.39 is 12.1 Å². The van der Waals surface area contributed by atoms with Gasteiger partial charge in [-0.15, -0.1) is 0 Å². The number of aliphatic hydroxyl groups excluding tert-OH is 2. The first-order valence-electron chi connectivity index (χ1n) is 29.6. The van der Waals surface area contributed by atoms with Crippen LogP contribution in [0.4, 0.5) is 0 Å². The van der Waals surface area contributed by atoms with Gasteiger partial charge in [-0.3, -0.25) is 9.59 Å². The number of esters is 1. The number of ether oxygens (including phenoxy) is 1. The molecule has 0 aliphatic rings. The number of aliphatic hydroxyl groups is 2. The van der Waals surface area contributed by atoms with Gasteiger partial charge in [0.25, 0.3) is 0 Å². The SMILES string of the molecule is CCCCCCCCCCCCCCCCCC/C=C/C(O)C(CO)NC(=O)CCCCC/C=C\CCCCCCCCOC(=O)CCCCCCCCCCCCCCCCCCCC. The molecule has 66 heavy (non-hydrogen) atoms. The molecule has 0 fully saturated rings. The van der Waals surface area contributed by atoms with E-state index in [0.29, 0.717) is 19.4 Å². The van der Waals surface area contributed by atoms with E-state index in [1.54, 1.807) is 6.08 Å². The zero-order chi connectivity index (χ0) is 47.9. The fourth-order valence-corrected chi connectivity index (χ4v) is 9.16. The second-order valence-electron chi connectivity index (χ2n) is 20.3. The van der Waals surface area contributed by atoms with E-state index in [1.807, 2.05) is 6.08 Å². The Balaban J connectivity index is 3.50. The summed E-state index contributed by atoms with van der Waals surface area (Å²) in [6.45, 7) is 4.88. The number of nitrogens with one attached hydrogen (secondary N) is 1. The number of unbranched alkanes of at least 4 members (excludes halogenated alkanes) is 42. The summed E-state index contributed by atoms with van der Waals surface area (Å²) >= 11 is 0. The van der Waals surface area contributed by atoms with Crippen molar-refractivity contribution in [1.82, 2.24) is 5.32 Å². The van der Waals surface area contributed by atoms with Crippen molar-refractivity contribution in [1.29, 1.82) is 0 Å². The van der Waals surface area contributed by atoms with Gasteiger partial charge in [0.15, 0.2) is 0 Å². The summed E-state index contributed by atoms with van der Waals surface area (Å²) in [7, 11) is 0. The smallest absolute Gasteiger partial charge is 0.305 e. The third kappa shape index (κ3) is 51.7. The van der Waals surface area contributed by atoms with Crippen molar-refractivity contribution < 1.29 is 24.5 Å². The van der Waals surface area contributed by atoms with Crippen LogP contribution in [0, 0.1) is 0 Å². The molecular weight excluding hydrogens is 815 g/mol. The molecule has 2 unspecified atom stereocenters. The second-order valence-corrected chi connectivity index (χ2v) is 20.3. The summed E-state index contributed by atoms with van der Waals surface area (Å²) in [6, 6.07) is -0.648. The summed E-state index contributed by atoms with van der Waals surface area (Å²) < 4.78 is 5.48. The van der Waals surface area contributed by atoms with Crippen molar-refractivity contribution in [3.05, 3.63) is 24.3 Å². The van der Waals surface area contributed by atoms with Crippen LogP contribution in [-0.2, 0) is 14.3 Å². The molecule has 0 spiro atoms. The monoisotopic (exact) mass is 930 g/mol. The quantitative estimate of drug-likeness (QED) is 0.0321. The number of rotatable bonds is 55. The van der Waals surface area contributed by atoms with Gasteiger partial charge >= 0.3 is 5.97 Å². The molecule has 390 valence electrons. The zero-order valence-corrected chi connectivity index (χ0v) is 44.4. The first-order valence-corrected chi connectivity index (χ1v) is 29.6. The maximum Gasteiger partial charge on any atom is 0.305 e. The summed E-state index contributed by atoms with van der Waals surface area (Å²) in [6.07, 6.45) is 67.7. The van der Waals surface area contributed by atoms with Crippen LogP contribution in [-0.4, -0.2) is 47.4 Å². The summed E-state index contributed by atoms with van der Waals surface area (Å²) in [5.74, 6) is -0.105. The lowest BCUT2D eigenvalue weighted by molar-refractivity contribution is -0.143. The fourth-order valence-electron chi connectivity index (χ4n) is 9.16. The van der Waals surface area contributed by atoms with Crippen molar-refractivity contribution in [2.45, 2.75) is 334 Å². The minimum atomic E-state index is -0.861. The van der Waals surface area contributed by atoms with Gasteiger partial charge in [-0.25, -0.2) is 0 Å². The number of allylic oxidation sites excluding steroid dienone is 3. The Hall–Kier alpha value is -1.66. The van der Waals surface area contributed by atoms with Gasteiger partial charge in [0.2, 0.25) is 5.91 Å². The van der Waals surface area contributed by atoms with Crippen LogP contribution in [0.15, 0.2) is 24.3 Å². The average molecular weight is 931 g/mol. The Morgan fingerprint density at radius 2 is 0.712 bits per heavy atom. The lowest BCUT2D eigenvalue weighted by Gasteiger charge is -2.19. The second kappa shape index (κ2) is 55.9. The number of amides is 1. The Kier molecular flexibility index (Phi) is 54.5. The first kappa shape index (κ1) is 64.3. The molecule has 0 bridgehead atoms. The molecule has 0 heterocycles.